The van der Waals surface area contributed by atoms with Crippen LogP contribution in [0.2, 0.25) is 0 Å². The zero-order valence-electron chi connectivity index (χ0n) is 8.83. The number of nitrogens with two attached hydrogens (primary N) is 2. The molecule has 6 heteroatoms. The first-order valence-corrected chi connectivity index (χ1v) is 6.98. The molecular formula is C10H15N3O2S. The van der Waals surface area contributed by atoms with Gasteiger partial charge in [-0.05, 0) is 18.4 Å². The van der Waals surface area contributed by atoms with E-state index in [-0.39, 0.29) is 23.5 Å². The zero-order valence-corrected chi connectivity index (χ0v) is 9.65. The van der Waals surface area contributed by atoms with E-state index < -0.39 is 9.84 Å². The van der Waals surface area contributed by atoms with E-state index in [0.29, 0.717) is 12.2 Å². The Labute approximate surface area is 94.8 Å². The van der Waals surface area contributed by atoms with Gasteiger partial charge in [-0.25, -0.2) is 13.4 Å². The molecule has 2 atom stereocenters. The van der Waals surface area contributed by atoms with Crippen LogP contribution in [0.1, 0.15) is 18.0 Å². The van der Waals surface area contributed by atoms with Gasteiger partial charge in [0.15, 0.2) is 9.84 Å². The molecule has 2 heterocycles. The lowest BCUT2D eigenvalue weighted by Gasteiger charge is -2.18. The van der Waals surface area contributed by atoms with E-state index in [0.717, 1.165) is 5.56 Å². The summed E-state index contributed by atoms with van der Waals surface area (Å²) in [5, 5.41) is 0. The summed E-state index contributed by atoms with van der Waals surface area (Å²) in [6.45, 7) is 0. The summed E-state index contributed by atoms with van der Waals surface area (Å²) in [4.78, 5) is 3.96. The van der Waals surface area contributed by atoms with E-state index in [4.69, 9.17) is 11.5 Å². The predicted molar refractivity (Wildman–Crippen MR) is 62.3 cm³/mol. The summed E-state index contributed by atoms with van der Waals surface area (Å²) in [5.74, 6) is 0.726. The van der Waals surface area contributed by atoms with Crippen molar-refractivity contribution in [2.75, 3.05) is 17.2 Å². The van der Waals surface area contributed by atoms with Crippen molar-refractivity contribution in [1.29, 1.82) is 0 Å². The molecule has 0 spiro atoms. The van der Waals surface area contributed by atoms with Crippen LogP contribution >= 0.6 is 0 Å². The van der Waals surface area contributed by atoms with Crippen molar-refractivity contribution >= 4 is 15.7 Å². The first-order valence-electron chi connectivity index (χ1n) is 5.16. The van der Waals surface area contributed by atoms with Crippen LogP contribution in [-0.2, 0) is 9.84 Å². The van der Waals surface area contributed by atoms with Gasteiger partial charge in [0.05, 0.1) is 11.5 Å². The molecule has 1 fully saturated rings. The molecule has 0 aromatic carbocycles. The highest BCUT2D eigenvalue weighted by Gasteiger charge is 2.33. The summed E-state index contributed by atoms with van der Waals surface area (Å²) in [7, 11) is -2.90. The molecule has 1 aliphatic heterocycles. The topological polar surface area (TPSA) is 99.1 Å². The maximum Gasteiger partial charge on any atom is 0.150 e. The Morgan fingerprint density at radius 2 is 2.25 bits per heavy atom. The summed E-state index contributed by atoms with van der Waals surface area (Å²) >= 11 is 0. The largest absolute Gasteiger partial charge is 0.383 e. The van der Waals surface area contributed by atoms with Crippen molar-refractivity contribution in [2.45, 2.75) is 12.5 Å². The molecule has 0 amide bonds. The van der Waals surface area contributed by atoms with Crippen molar-refractivity contribution < 1.29 is 8.42 Å². The first kappa shape index (κ1) is 11.3. The minimum Gasteiger partial charge on any atom is -0.383 e. The molecule has 2 rings (SSSR count). The normalized spacial score (nSPS) is 25.4. The van der Waals surface area contributed by atoms with Crippen molar-refractivity contribution in [3.05, 3.63) is 23.9 Å². The fraction of sp³-hybridized carbons (Fsp3) is 0.500. The number of aromatic nitrogens is 1. The van der Waals surface area contributed by atoms with E-state index in [1.54, 1.807) is 18.3 Å². The maximum atomic E-state index is 11.4. The van der Waals surface area contributed by atoms with Crippen molar-refractivity contribution in [1.82, 2.24) is 4.98 Å². The summed E-state index contributed by atoms with van der Waals surface area (Å²) in [6.07, 6.45) is 2.20. The highest BCUT2D eigenvalue weighted by atomic mass is 32.2. The average molecular weight is 241 g/mol. The van der Waals surface area contributed by atoms with E-state index >= 15 is 0 Å². The first-order chi connectivity index (χ1) is 7.49. The van der Waals surface area contributed by atoms with Gasteiger partial charge in [0.1, 0.15) is 5.82 Å². The number of hydrogen-bond acceptors (Lipinski definition) is 5. The van der Waals surface area contributed by atoms with Gasteiger partial charge in [0.25, 0.3) is 0 Å². The highest BCUT2D eigenvalue weighted by Crippen LogP contribution is 2.31. The molecule has 2 unspecified atom stereocenters. The predicted octanol–water partition coefficient (Wildman–Crippen LogP) is 0.0983. The standard InChI is InChI=1S/C10H15N3O2S/c11-9(7-3-5-16(14,15)6-7)8-2-1-4-13-10(8)12/h1-2,4,7,9H,3,5-6,11H2,(H2,12,13). The molecule has 88 valence electrons. The van der Waals surface area contributed by atoms with Crippen LogP contribution in [0.15, 0.2) is 18.3 Å². The Kier molecular flexibility index (Phi) is 2.86. The van der Waals surface area contributed by atoms with E-state index in [2.05, 4.69) is 4.98 Å². The SMILES string of the molecule is Nc1ncccc1C(N)C1CCS(=O)(=O)C1. The van der Waals surface area contributed by atoms with Gasteiger partial charge >= 0.3 is 0 Å². The minimum absolute atomic E-state index is 0.0449. The van der Waals surface area contributed by atoms with Gasteiger partial charge in [-0.2, -0.15) is 0 Å². The van der Waals surface area contributed by atoms with Crippen LogP contribution in [0.3, 0.4) is 0 Å². The number of nitrogen functional groups attached to an aromatic ring is 1. The van der Waals surface area contributed by atoms with Crippen LogP contribution < -0.4 is 11.5 Å². The maximum absolute atomic E-state index is 11.4. The Hall–Kier alpha value is -1.14. The monoisotopic (exact) mass is 241 g/mol. The Balaban J connectivity index is 2.21. The van der Waals surface area contributed by atoms with Gasteiger partial charge < -0.3 is 11.5 Å². The number of rotatable bonds is 2. The number of nitrogens with zero attached hydrogens (tertiary/aromatic N) is 1. The molecule has 1 aromatic rings. The second-order valence-electron chi connectivity index (χ2n) is 4.17. The van der Waals surface area contributed by atoms with Crippen LogP contribution in [0.4, 0.5) is 5.82 Å². The number of anilines is 1. The zero-order chi connectivity index (χ0) is 11.8. The molecular weight excluding hydrogens is 226 g/mol. The van der Waals surface area contributed by atoms with E-state index in [1.165, 1.54) is 0 Å². The molecule has 0 radical (unpaired) electrons. The van der Waals surface area contributed by atoms with Crippen LogP contribution in [0, 0.1) is 5.92 Å². The third-order valence-electron chi connectivity index (χ3n) is 3.01. The van der Waals surface area contributed by atoms with Gasteiger partial charge in [-0.3, -0.25) is 0 Å². The number of pyridine rings is 1. The van der Waals surface area contributed by atoms with Crippen molar-refractivity contribution in [3.63, 3.8) is 0 Å². The molecule has 0 bridgehead atoms. The van der Waals surface area contributed by atoms with Crippen LogP contribution in [0.25, 0.3) is 0 Å². The van der Waals surface area contributed by atoms with E-state index in [1.807, 2.05) is 0 Å². The third kappa shape index (κ3) is 2.17. The fourth-order valence-electron chi connectivity index (χ4n) is 2.07. The van der Waals surface area contributed by atoms with Crippen LogP contribution in [0.5, 0.6) is 0 Å². The molecule has 0 saturated carbocycles. The highest BCUT2D eigenvalue weighted by molar-refractivity contribution is 7.91. The lowest BCUT2D eigenvalue weighted by molar-refractivity contribution is 0.480. The van der Waals surface area contributed by atoms with Gasteiger partial charge in [-0.15, -0.1) is 0 Å². The van der Waals surface area contributed by atoms with Crippen molar-refractivity contribution in [2.24, 2.45) is 11.7 Å². The number of hydrogen-bond donors (Lipinski definition) is 2. The quantitative estimate of drug-likeness (QED) is 0.765. The summed E-state index contributed by atoms with van der Waals surface area (Å²) in [6, 6.07) is 3.22. The number of sulfone groups is 1. The molecule has 1 saturated heterocycles. The Morgan fingerprint density at radius 3 is 2.81 bits per heavy atom. The molecule has 1 aliphatic rings. The van der Waals surface area contributed by atoms with Crippen molar-refractivity contribution in [3.8, 4) is 0 Å². The fourth-order valence-corrected chi connectivity index (χ4v) is 3.93. The second kappa shape index (κ2) is 4.03. The Morgan fingerprint density at radius 1 is 1.50 bits per heavy atom. The lowest BCUT2D eigenvalue weighted by atomic mass is 9.94. The molecule has 4 N–H and O–H groups in total. The molecule has 0 aliphatic carbocycles. The second-order valence-corrected chi connectivity index (χ2v) is 6.40. The third-order valence-corrected chi connectivity index (χ3v) is 4.80. The van der Waals surface area contributed by atoms with E-state index in [9.17, 15) is 8.42 Å². The lowest BCUT2D eigenvalue weighted by Crippen LogP contribution is -2.23. The molecule has 5 nitrogen and oxygen atoms in total. The molecule has 16 heavy (non-hydrogen) atoms. The van der Waals surface area contributed by atoms with Crippen LogP contribution in [-0.4, -0.2) is 24.9 Å². The van der Waals surface area contributed by atoms with Gasteiger partial charge in [0.2, 0.25) is 0 Å². The van der Waals surface area contributed by atoms with Gasteiger partial charge in [0, 0.05) is 17.8 Å². The summed E-state index contributed by atoms with van der Waals surface area (Å²) in [5.41, 5.74) is 12.5. The average Bonchev–Trinajstić information content (AvgIpc) is 2.59. The van der Waals surface area contributed by atoms with Gasteiger partial charge in [-0.1, -0.05) is 6.07 Å². The molecule has 1 aromatic heterocycles. The summed E-state index contributed by atoms with van der Waals surface area (Å²) < 4.78 is 22.7. The Bertz CT molecular complexity index is 487. The minimum atomic E-state index is -2.90. The smallest absolute Gasteiger partial charge is 0.150 e.